The van der Waals surface area contributed by atoms with Gasteiger partial charge in [-0.25, -0.2) is 0 Å². The number of hydrogen-bond donors (Lipinski definition) is 0. The fourth-order valence-electron chi connectivity index (χ4n) is 12.3. The second-order valence-electron chi connectivity index (χ2n) is 16.7. The normalized spacial score (nSPS) is 46.9. The van der Waals surface area contributed by atoms with Crippen LogP contribution in [0.2, 0.25) is 0 Å². The molecule has 0 aromatic carbocycles. The average molecular weight is 573 g/mol. The fourth-order valence-corrected chi connectivity index (χ4v) is 12.3. The molecule has 10 atom stereocenters. The standard InChI is InChI=1S/C35H60N2O4/c1-24(38)40-32-21-26-13-14-27-28(35(26,4)23-31(32)37(6)19-11-8-12-20-37)15-16-34(3)29(27)22-30(33(34)41-25(2)39)36(5)17-9-7-10-18-36/h26-33H,7-23H2,1-6H3/q+2/t26-,27+,28-,29+,30+,31+,32-,33+,34+,35-/m0/s1. The van der Waals surface area contributed by atoms with Crippen LogP contribution in [-0.4, -0.2) is 85.5 Å². The number of likely N-dealkylation sites (tertiary alicyclic amines) is 2. The van der Waals surface area contributed by atoms with E-state index in [0.717, 1.165) is 21.3 Å². The van der Waals surface area contributed by atoms with Crippen molar-refractivity contribution in [1.29, 1.82) is 0 Å². The van der Waals surface area contributed by atoms with E-state index in [1.807, 2.05) is 0 Å². The van der Waals surface area contributed by atoms with Crippen molar-refractivity contribution in [3.8, 4) is 0 Å². The number of hydrogen-bond acceptors (Lipinski definition) is 4. The average Bonchev–Trinajstić information content (AvgIpc) is 3.21. The van der Waals surface area contributed by atoms with Gasteiger partial charge in [0, 0.05) is 32.1 Å². The summed E-state index contributed by atoms with van der Waals surface area (Å²) in [5.74, 6) is 2.52. The third kappa shape index (κ3) is 4.99. The van der Waals surface area contributed by atoms with E-state index in [4.69, 9.17) is 9.47 Å². The lowest BCUT2D eigenvalue weighted by molar-refractivity contribution is -0.943. The van der Waals surface area contributed by atoms with Crippen molar-refractivity contribution in [2.45, 2.75) is 135 Å². The summed E-state index contributed by atoms with van der Waals surface area (Å²) < 4.78 is 14.7. The first-order chi connectivity index (χ1) is 19.4. The predicted molar refractivity (Wildman–Crippen MR) is 161 cm³/mol. The van der Waals surface area contributed by atoms with Gasteiger partial charge in [-0.3, -0.25) is 9.59 Å². The number of nitrogens with zero attached hydrogens (tertiary/aromatic N) is 2. The molecular formula is C35H60N2O4+2. The Labute approximate surface area is 250 Å². The molecule has 41 heavy (non-hydrogen) atoms. The van der Waals surface area contributed by atoms with Crippen LogP contribution >= 0.6 is 0 Å². The third-order valence-electron chi connectivity index (χ3n) is 14.5. The van der Waals surface area contributed by atoms with Crippen molar-refractivity contribution in [3.05, 3.63) is 0 Å². The van der Waals surface area contributed by atoms with Gasteiger partial charge in [-0.2, -0.15) is 0 Å². The molecule has 0 bridgehead atoms. The van der Waals surface area contributed by atoms with Gasteiger partial charge in [0.15, 0.2) is 12.2 Å². The molecule has 4 saturated carbocycles. The molecule has 6 nitrogen and oxygen atoms in total. The van der Waals surface area contributed by atoms with Gasteiger partial charge >= 0.3 is 11.9 Å². The Bertz CT molecular complexity index is 1000. The van der Waals surface area contributed by atoms with Gasteiger partial charge in [0.2, 0.25) is 0 Å². The highest BCUT2D eigenvalue weighted by molar-refractivity contribution is 5.66. The number of likely N-dealkylation sites (N-methyl/N-ethyl adjacent to an activating group) is 2. The minimum atomic E-state index is -0.0998. The van der Waals surface area contributed by atoms with E-state index in [1.165, 1.54) is 103 Å². The quantitative estimate of drug-likeness (QED) is 0.301. The summed E-state index contributed by atoms with van der Waals surface area (Å²) in [6.07, 6.45) is 16.4. The van der Waals surface area contributed by atoms with Crippen molar-refractivity contribution >= 4 is 11.9 Å². The van der Waals surface area contributed by atoms with Gasteiger partial charge in [-0.1, -0.05) is 13.8 Å². The molecule has 6 rings (SSSR count). The summed E-state index contributed by atoms with van der Waals surface area (Å²) in [6.45, 7) is 13.3. The van der Waals surface area contributed by atoms with Gasteiger partial charge in [0.1, 0.15) is 12.1 Å². The van der Waals surface area contributed by atoms with E-state index >= 15 is 0 Å². The van der Waals surface area contributed by atoms with Crippen molar-refractivity contribution in [2.75, 3.05) is 40.3 Å². The maximum Gasteiger partial charge on any atom is 0.303 e. The van der Waals surface area contributed by atoms with Gasteiger partial charge in [0.05, 0.1) is 40.3 Å². The predicted octanol–water partition coefficient (Wildman–Crippen LogP) is 6.11. The number of rotatable bonds is 4. The molecule has 0 unspecified atom stereocenters. The van der Waals surface area contributed by atoms with E-state index in [1.54, 1.807) is 13.8 Å². The number of ether oxygens (including phenoxy) is 2. The van der Waals surface area contributed by atoms with E-state index in [-0.39, 0.29) is 29.6 Å². The number of quaternary nitrogens is 2. The monoisotopic (exact) mass is 572 g/mol. The minimum absolute atomic E-state index is 0.0462. The van der Waals surface area contributed by atoms with E-state index in [9.17, 15) is 9.59 Å². The molecule has 2 heterocycles. The van der Waals surface area contributed by atoms with Crippen LogP contribution in [0, 0.1) is 34.5 Å². The Morgan fingerprint density at radius 1 is 0.683 bits per heavy atom. The van der Waals surface area contributed by atoms with E-state index in [0.29, 0.717) is 35.3 Å². The Kier molecular flexibility index (Phi) is 7.87. The van der Waals surface area contributed by atoms with E-state index < -0.39 is 0 Å². The first kappa shape index (κ1) is 29.9. The van der Waals surface area contributed by atoms with Crippen molar-refractivity contribution < 1.29 is 28.0 Å². The Hall–Kier alpha value is -1.14. The zero-order valence-electron chi connectivity index (χ0n) is 27.2. The molecule has 0 aromatic heterocycles. The highest BCUT2D eigenvalue weighted by atomic mass is 16.5. The molecule has 6 aliphatic rings. The molecule has 4 aliphatic carbocycles. The Morgan fingerprint density at radius 2 is 1.27 bits per heavy atom. The summed E-state index contributed by atoms with van der Waals surface area (Å²) >= 11 is 0. The third-order valence-corrected chi connectivity index (χ3v) is 14.5. The topological polar surface area (TPSA) is 52.6 Å². The molecule has 232 valence electrons. The first-order valence-electron chi connectivity index (χ1n) is 17.4. The summed E-state index contributed by atoms with van der Waals surface area (Å²) in [6, 6.07) is 0.846. The second kappa shape index (κ2) is 10.8. The number of esters is 2. The summed E-state index contributed by atoms with van der Waals surface area (Å²) in [7, 11) is 4.94. The molecule has 2 aliphatic heterocycles. The molecule has 0 spiro atoms. The zero-order chi connectivity index (χ0) is 29.2. The van der Waals surface area contributed by atoms with Crippen molar-refractivity contribution in [2.24, 2.45) is 34.5 Å². The molecule has 6 fully saturated rings. The van der Waals surface area contributed by atoms with Gasteiger partial charge in [-0.15, -0.1) is 0 Å². The molecule has 0 radical (unpaired) electrons. The molecule has 0 N–H and O–H groups in total. The molecule has 2 saturated heterocycles. The van der Waals surface area contributed by atoms with Crippen LogP contribution in [-0.2, 0) is 19.1 Å². The van der Waals surface area contributed by atoms with Crippen LogP contribution in [0.15, 0.2) is 0 Å². The highest BCUT2D eigenvalue weighted by Gasteiger charge is 2.68. The minimum Gasteiger partial charge on any atom is -0.456 e. The first-order valence-corrected chi connectivity index (χ1v) is 17.4. The van der Waals surface area contributed by atoms with Crippen LogP contribution < -0.4 is 0 Å². The summed E-state index contributed by atoms with van der Waals surface area (Å²) in [4.78, 5) is 24.8. The van der Waals surface area contributed by atoms with Crippen LogP contribution in [0.1, 0.15) is 111 Å². The fraction of sp³-hybridized carbons (Fsp3) is 0.943. The number of carbonyl (C=O) groups is 2. The largest absolute Gasteiger partial charge is 0.456 e. The SMILES string of the molecule is CC(=O)O[C@H]1C[C@@H]2CC[C@H]3[C@H]4C[C@@H]([N+]5(C)CCCCC5)[C@@H](OC(C)=O)[C@]4(C)CC[C@@H]3[C@@]2(C)C[C@H]1[N+]1(C)CCCCC1. The van der Waals surface area contributed by atoms with E-state index in [2.05, 4.69) is 27.9 Å². The lowest BCUT2D eigenvalue weighted by atomic mass is 9.44. The summed E-state index contributed by atoms with van der Waals surface area (Å²) in [5, 5.41) is 0. The summed E-state index contributed by atoms with van der Waals surface area (Å²) in [5.41, 5.74) is 0.377. The highest BCUT2D eigenvalue weighted by Crippen LogP contribution is 2.68. The smallest absolute Gasteiger partial charge is 0.303 e. The van der Waals surface area contributed by atoms with Gasteiger partial charge in [0.25, 0.3) is 0 Å². The number of piperidine rings is 2. The lowest BCUT2D eigenvalue weighted by Gasteiger charge is -2.63. The molecule has 0 aromatic rings. The van der Waals surface area contributed by atoms with Gasteiger partial charge < -0.3 is 18.4 Å². The molecule has 6 heteroatoms. The van der Waals surface area contributed by atoms with Crippen molar-refractivity contribution in [1.82, 2.24) is 0 Å². The van der Waals surface area contributed by atoms with Gasteiger partial charge in [-0.05, 0) is 99.7 Å². The lowest BCUT2D eigenvalue weighted by Crippen LogP contribution is -2.66. The number of carbonyl (C=O) groups excluding carboxylic acids is 2. The number of fused-ring (bicyclic) bond motifs is 5. The zero-order valence-corrected chi connectivity index (χ0v) is 27.2. The van der Waals surface area contributed by atoms with Crippen molar-refractivity contribution in [3.63, 3.8) is 0 Å². The molecular weight excluding hydrogens is 512 g/mol. The molecule has 0 amide bonds. The Balaban J connectivity index is 1.31. The van der Waals surface area contributed by atoms with Crippen LogP contribution in [0.5, 0.6) is 0 Å². The van der Waals surface area contributed by atoms with Crippen LogP contribution in [0.3, 0.4) is 0 Å². The Morgan fingerprint density at radius 3 is 1.85 bits per heavy atom. The second-order valence-corrected chi connectivity index (χ2v) is 16.7. The van der Waals surface area contributed by atoms with Crippen LogP contribution in [0.25, 0.3) is 0 Å². The van der Waals surface area contributed by atoms with Crippen LogP contribution in [0.4, 0.5) is 0 Å². The maximum absolute atomic E-state index is 12.5. The maximum atomic E-state index is 12.5.